The van der Waals surface area contributed by atoms with E-state index in [1.54, 1.807) is 54.4 Å². The maximum Gasteiger partial charge on any atom is 0.416 e. The second-order valence-electron chi connectivity index (χ2n) is 13.9. The highest BCUT2D eigenvalue weighted by atomic mass is 35.5. The van der Waals surface area contributed by atoms with E-state index in [1.807, 2.05) is 30.3 Å². The monoisotopic (exact) mass is 849 g/mol. The Morgan fingerprint density at radius 2 is 1.56 bits per heavy atom. The average Bonchev–Trinajstić information content (AvgIpc) is 3.83. The standard InChI is InChI=1S/C41H41Cl2N5O11/c1-5-53-37-34(21-54-22(2)49)59-40(39(57-24(4)51)38(37)56-23(3)50)48-19-28(45-46-48)20-55-29-11-6-25(7-12-29)36-35-31(32-18-27(43)10-15-33(32)44-35)16-17-47(36)41(52)58-30-13-8-26(42)9-14-30/h6-15,18-19,34,36-40,44H,5,16-17,20-21H2,1-4H3. The van der Waals surface area contributed by atoms with Crippen molar-refractivity contribution in [1.82, 2.24) is 24.9 Å². The lowest BCUT2D eigenvalue weighted by molar-refractivity contribution is -0.274. The average molecular weight is 851 g/mol. The summed E-state index contributed by atoms with van der Waals surface area (Å²) < 4.78 is 41.8. The minimum absolute atomic E-state index is 0.0218. The zero-order chi connectivity index (χ0) is 41.8. The molecule has 3 aromatic carbocycles. The van der Waals surface area contributed by atoms with Gasteiger partial charge >= 0.3 is 24.0 Å². The minimum Gasteiger partial charge on any atom is -0.487 e. The van der Waals surface area contributed by atoms with Gasteiger partial charge in [0.05, 0.1) is 6.20 Å². The second kappa shape index (κ2) is 18.1. The minimum atomic E-state index is -1.21. The molecular formula is C41H41Cl2N5O11. The summed E-state index contributed by atoms with van der Waals surface area (Å²) in [6.07, 6.45) is -3.78. The van der Waals surface area contributed by atoms with Crippen molar-refractivity contribution in [2.45, 2.75) is 77.4 Å². The van der Waals surface area contributed by atoms with Crippen molar-refractivity contribution in [3.63, 3.8) is 0 Å². The maximum atomic E-state index is 13.7. The topological polar surface area (TPSA) is 183 Å². The fraction of sp³-hybridized carbons (Fsp3) is 0.366. The predicted octanol–water partition coefficient (Wildman–Crippen LogP) is 6.52. The Balaban J connectivity index is 1.11. The van der Waals surface area contributed by atoms with Crippen molar-refractivity contribution in [2.24, 2.45) is 0 Å². The smallest absolute Gasteiger partial charge is 0.416 e. The number of benzene rings is 3. The van der Waals surface area contributed by atoms with Crippen molar-refractivity contribution in [1.29, 1.82) is 0 Å². The molecule has 1 amide bonds. The summed E-state index contributed by atoms with van der Waals surface area (Å²) in [5.41, 5.74) is 4.00. The number of aromatic amines is 1. The molecule has 18 heteroatoms. The van der Waals surface area contributed by atoms with Crippen LogP contribution in [0.1, 0.15) is 62.5 Å². The Labute approximate surface area is 348 Å². The SMILES string of the molecule is CCOC1C(COC(C)=O)OC(n2cc(COc3ccc(C4c5[nH]c6ccc(Cl)cc6c5CCN4C(=O)Oc4ccc(Cl)cc4)cc3)nn2)C(OC(C)=O)C1OC(C)=O. The van der Waals surface area contributed by atoms with Crippen LogP contribution in [0.15, 0.2) is 72.9 Å². The summed E-state index contributed by atoms with van der Waals surface area (Å²) in [4.78, 5) is 55.2. The molecule has 5 aromatic rings. The van der Waals surface area contributed by atoms with Gasteiger partial charge in [-0.1, -0.05) is 40.5 Å². The van der Waals surface area contributed by atoms with Crippen molar-refractivity contribution in [3.05, 3.63) is 105 Å². The lowest BCUT2D eigenvalue weighted by Crippen LogP contribution is -2.60. The van der Waals surface area contributed by atoms with E-state index in [0.717, 1.165) is 27.7 Å². The first-order chi connectivity index (χ1) is 28.4. The van der Waals surface area contributed by atoms with E-state index in [-0.39, 0.29) is 19.8 Å². The van der Waals surface area contributed by atoms with Gasteiger partial charge in [0.1, 0.15) is 48.7 Å². The Hall–Kier alpha value is -5.68. The molecule has 2 aromatic heterocycles. The van der Waals surface area contributed by atoms with Gasteiger partial charge in [-0.2, -0.15) is 0 Å². The largest absolute Gasteiger partial charge is 0.487 e. The van der Waals surface area contributed by atoms with E-state index in [2.05, 4.69) is 15.3 Å². The van der Waals surface area contributed by atoms with Crippen LogP contribution in [0.4, 0.5) is 4.79 Å². The molecule has 2 aliphatic heterocycles. The first-order valence-corrected chi connectivity index (χ1v) is 19.6. The Bertz CT molecular complexity index is 2320. The van der Waals surface area contributed by atoms with E-state index in [1.165, 1.54) is 25.5 Å². The van der Waals surface area contributed by atoms with Gasteiger partial charge in [0, 0.05) is 60.6 Å². The van der Waals surface area contributed by atoms with Gasteiger partial charge in [-0.05, 0) is 79.1 Å². The number of aromatic nitrogens is 4. The van der Waals surface area contributed by atoms with Crippen LogP contribution >= 0.6 is 23.2 Å². The normalized spacial score (nSPS) is 21.4. The number of amides is 1. The number of carbonyl (C=O) groups excluding carboxylic acids is 4. The maximum absolute atomic E-state index is 13.7. The van der Waals surface area contributed by atoms with Gasteiger partial charge in [0.25, 0.3) is 0 Å². The number of H-pyrrole nitrogens is 1. The third-order valence-electron chi connectivity index (χ3n) is 9.77. The number of halogens is 2. The highest BCUT2D eigenvalue weighted by molar-refractivity contribution is 6.31. The van der Waals surface area contributed by atoms with Crippen LogP contribution in [-0.4, -0.2) is 93.1 Å². The van der Waals surface area contributed by atoms with Crippen LogP contribution < -0.4 is 9.47 Å². The fourth-order valence-electron chi connectivity index (χ4n) is 7.35. The molecule has 7 rings (SSSR count). The van der Waals surface area contributed by atoms with E-state index < -0.39 is 60.7 Å². The summed E-state index contributed by atoms with van der Waals surface area (Å²) in [5, 5.41) is 10.6. The molecule has 6 atom stereocenters. The quantitative estimate of drug-likeness (QED) is 0.106. The van der Waals surface area contributed by atoms with Crippen molar-refractivity contribution in [3.8, 4) is 11.5 Å². The molecule has 16 nitrogen and oxygen atoms in total. The number of hydrogen-bond donors (Lipinski definition) is 1. The zero-order valence-electron chi connectivity index (χ0n) is 32.5. The van der Waals surface area contributed by atoms with Gasteiger partial charge in [0.15, 0.2) is 18.4 Å². The van der Waals surface area contributed by atoms with E-state index in [0.29, 0.717) is 40.2 Å². The highest BCUT2D eigenvalue weighted by Crippen LogP contribution is 2.40. The molecule has 310 valence electrons. The van der Waals surface area contributed by atoms with Crippen LogP contribution in [0.3, 0.4) is 0 Å². The molecule has 0 saturated carbocycles. The lowest BCUT2D eigenvalue weighted by Gasteiger charge is -2.44. The Morgan fingerprint density at radius 3 is 2.25 bits per heavy atom. The van der Waals surface area contributed by atoms with Crippen molar-refractivity contribution < 1.29 is 52.3 Å². The summed E-state index contributed by atoms with van der Waals surface area (Å²) >= 11 is 12.4. The van der Waals surface area contributed by atoms with Crippen molar-refractivity contribution >= 4 is 58.1 Å². The molecule has 0 bridgehead atoms. The first-order valence-electron chi connectivity index (χ1n) is 18.8. The molecular weight excluding hydrogens is 809 g/mol. The third-order valence-corrected chi connectivity index (χ3v) is 10.3. The van der Waals surface area contributed by atoms with Gasteiger partial charge in [-0.3, -0.25) is 19.3 Å². The number of ether oxygens (including phenoxy) is 7. The fourth-order valence-corrected chi connectivity index (χ4v) is 7.65. The first kappa shape index (κ1) is 41.5. The number of rotatable bonds is 12. The molecule has 1 fully saturated rings. The van der Waals surface area contributed by atoms with Gasteiger partial charge in [-0.15, -0.1) is 5.10 Å². The molecule has 6 unspecified atom stereocenters. The number of esters is 3. The Kier molecular flexibility index (Phi) is 12.7. The molecule has 59 heavy (non-hydrogen) atoms. The van der Waals surface area contributed by atoms with E-state index in [4.69, 9.17) is 56.4 Å². The third kappa shape index (κ3) is 9.46. The molecule has 1 N–H and O–H groups in total. The van der Waals surface area contributed by atoms with Crippen LogP contribution in [0.5, 0.6) is 11.5 Å². The summed E-state index contributed by atoms with van der Waals surface area (Å²) in [7, 11) is 0. The molecule has 2 aliphatic rings. The lowest BCUT2D eigenvalue weighted by atomic mass is 9.92. The summed E-state index contributed by atoms with van der Waals surface area (Å²) in [5.74, 6) is -1.00. The predicted molar refractivity (Wildman–Crippen MR) is 211 cm³/mol. The van der Waals surface area contributed by atoms with E-state index in [9.17, 15) is 19.2 Å². The zero-order valence-corrected chi connectivity index (χ0v) is 34.0. The number of nitrogens with zero attached hydrogens (tertiary/aromatic N) is 4. The van der Waals surface area contributed by atoms with Gasteiger partial charge in [0.2, 0.25) is 0 Å². The molecule has 0 aliphatic carbocycles. The molecule has 4 heterocycles. The van der Waals surface area contributed by atoms with Crippen LogP contribution in [0.25, 0.3) is 10.9 Å². The van der Waals surface area contributed by atoms with Crippen LogP contribution in [-0.2, 0) is 51.1 Å². The number of nitrogens with one attached hydrogen (secondary N) is 1. The number of fused-ring (bicyclic) bond motifs is 3. The van der Waals surface area contributed by atoms with Gasteiger partial charge in [-0.25, -0.2) is 9.48 Å². The van der Waals surface area contributed by atoms with Crippen LogP contribution in [0.2, 0.25) is 10.0 Å². The summed E-state index contributed by atoms with van der Waals surface area (Å²) in [6.45, 7) is 5.74. The highest BCUT2D eigenvalue weighted by Gasteiger charge is 2.52. The van der Waals surface area contributed by atoms with Gasteiger partial charge < -0.3 is 38.1 Å². The second-order valence-corrected chi connectivity index (χ2v) is 14.7. The van der Waals surface area contributed by atoms with E-state index >= 15 is 0 Å². The van der Waals surface area contributed by atoms with Crippen molar-refractivity contribution in [2.75, 3.05) is 19.8 Å². The molecule has 0 radical (unpaired) electrons. The Morgan fingerprint density at radius 1 is 0.864 bits per heavy atom. The molecule has 1 saturated heterocycles. The molecule has 0 spiro atoms. The summed E-state index contributed by atoms with van der Waals surface area (Å²) in [6, 6.07) is 19.0. The number of carbonyl (C=O) groups is 4. The van der Waals surface area contributed by atoms with Crippen LogP contribution in [0, 0.1) is 0 Å². The number of hydrogen-bond acceptors (Lipinski definition) is 13.